The van der Waals surface area contributed by atoms with Crippen molar-refractivity contribution in [2.75, 3.05) is 5.73 Å². The molecule has 86 valence electrons. The van der Waals surface area contributed by atoms with Gasteiger partial charge >= 0.3 is 5.69 Å². The molecule has 1 aromatic heterocycles. The number of nitro groups is 1. The predicted octanol–water partition coefficient (Wildman–Crippen LogP) is 1.89. The third kappa shape index (κ3) is 2.06. The Hall–Kier alpha value is -1.83. The molecule has 0 aliphatic rings. The van der Waals surface area contributed by atoms with Crippen molar-refractivity contribution in [3.8, 4) is 0 Å². The van der Waals surface area contributed by atoms with E-state index < -0.39 is 39.2 Å². The maximum absolute atomic E-state index is 12.6. The molecule has 1 aromatic rings. The van der Waals surface area contributed by atoms with Gasteiger partial charge in [0.25, 0.3) is 11.7 Å². The predicted molar refractivity (Wildman–Crippen MR) is 50.4 cm³/mol. The van der Waals surface area contributed by atoms with E-state index in [9.17, 15) is 23.7 Å². The van der Waals surface area contributed by atoms with Crippen LogP contribution >= 0.6 is 11.6 Å². The van der Waals surface area contributed by atoms with Gasteiger partial charge in [-0.3, -0.25) is 14.9 Å². The average Bonchev–Trinajstić information content (AvgIpc) is 2.15. The van der Waals surface area contributed by atoms with Crippen LogP contribution in [0.25, 0.3) is 0 Å². The van der Waals surface area contributed by atoms with Gasteiger partial charge < -0.3 is 5.73 Å². The molecule has 6 nitrogen and oxygen atoms in total. The highest BCUT2D eigenvalue weighted by atomic mass is 35.5. The van der Waals surface area contributed by atoms with Gasteiger partial charge in [0.1, 0.15) is 16.9 Å². The summed E-state index contributed by atoms with van der Waals surface area (Å²) in [6, 6.07) is 0. The molecule has 1 rings (SSSR count). The molecule has 0 saturated heterocycles. The van der Waals surface area contributed by atoms with Gasteiger partial charge in [-0.15, -0.1) is 0 Å². The summed E-state index contributed by atoms with van der Waals surface area (Å²) >= 11 is 4.98. The highest BCUT2D eigenvalue weighted by Crippen LogP contribution is 2.35. The summed E-state index contributed by atoms with van der Waals surface area (Å²) in [6.45, 7) is 0. The summed E-state index contributed by atoms with van der Waals surface area (Å²) in [6.07, 6.45) is -2.53. The quantitative estimate of drug-likeness (QED) is 0.502. The van der Waals surface area contributed by atoms with Crippen molar-refractivity contribution in [3.05, 3.63) is 27.6 Å². The number of carbonyl (C=O) groups excluding carboxylic acids is 1. The smallest absolute Gasteiger partial charge is 0.304 e. The van der Waals surface area contributed by atoms with Crippen molar-refractivity contribution in [1.82, 2.24) is 4.98 Å². The minimum absolute atomic E-state index is 0.554. The third-order valence-electron chi connectivity index (χ3n) is 1.70. The van der Waals surface area contributed by atoms with Crippen LogP contribution in [-0.4, -0.2) is 15.1 Å². The summed E-state index contributed by atoms with van der Waals surface area (Å²) in [4.78, 5) is 23.4. The number of hydrogen-bond donors (Lipinski definition) is 1. The zero-order valence-electron chi connectivity index (χ0n) is 7.49. The maximum Gasteiger partial charge on any atom is 0.304 e. The molecular weight excluding hydrogens is 248 g/mol. The van der Waals surface area contributed by atoms with Crippen LogP contribution in [0.3, 0.4) is 0 Å². The van der Waals surface area contributed by atoms with E-state index in [1.165, 1.54) is 0 Å². The Morgan fingerprint density at radius 1 is 1.62 bits per heavy atom. The van der Waals surface area contributed by atoms with Crippen LogP contribution in [0.1, 0.15) is 22.5 Å². The first-order valence-electron chi connectivity index (χ1n) is 3.77. The summed E-state index contributed by atoms with van der Waals surface area (Å²) in [7, 11) is 0. The SMILES string of the molecule is Nc1cnc(C(=O)Cl)c(C(F)F)c1[N+](=O)[O-]. The largest absolute Gasteiger partial charge is 0.392 e. The van der Waals surface area contributed by atoms with E-state index in [1.807, 2.05) is 0 Å². The first-order chi connectivity index (χ1) is 7.36. The molecule has 0 radical (unpaired) electrons. The second-order valence-electron chi connectivity index (χ2n) is 2.66. The summed E-state index contributed by atoms with van der Waals surface area (Å²) in [5, 5.41) is 9.22. The molecule has 0 aromatic carbocycles. The van der Waals surface area contributed by atoms with Crippen LogP contribution in [0.4, 0.5) is 20.2 Å². The van der Waals surface area contributed by atoms with Crippen LogP contribution in [0.5, 0.6) is 0 Å². The number of nitrogens with two attached hydrogens (primary N) is 1. The molecule has 0 bridgehead atoms. The lowest BCUT2D eigenvalue weighted by molar-refractivity contribution is -0.385. The number of alkyl halides is 2. The summed E-state index contributed by atoms with van der Waals surface area (Å²) in [5.74, 6) is 0. The van der Waals surface area contributed by atoms with E-state index in [0.29, 0.717) is 0 Å². The molecule has 9 heteroatoms. The highest BCUT2D eigenvalue weighted by Gasteiger charge is 2.31. The number of nitrogen functional groups attached to an aromatic ring is 1. The molecule has 0 aliphatic heterocycles. The minimum atomic E-state index is -3.27. The fraction of sp³-hybridized carbons (Fsp3) is 0.143. The lowest BCUT2D eigenvalue weighted by Crippen LogP contribution is -2.09. The minimum Gasteiger partial charge on any atom is -0.392 e. The number of hydrogen-bond acceptors (Lipinski definition) is 5. The molecular formula is C7H4ClF2N3O3. The van der Waals surface area contributed by atoms with Crippen LogP contribution in [0, 0.1) is 10.1 Å². The number of rotatable bonds is 3. The molecule has 0 aliphatic carbocycles. The van der Waals surface area contributed by atoms with Crippen molar-refractivity contribution in [1.29, 1.82) is 0 Å². The standard InChI is InChI=1S/C7H4ClF2N3O3/c8-6(14)4-3(7(9)10)5(13(15)16)2(11)1-12-4/h1,7H,11H2. The normalized spacial score (nSPS) is 10.5. The van der Waals surface area contributed by atoms with Gasteiger partial charge in [0.2, 0.25) is 0 Å². The Labute approximate surface area is 92.2 Å². The number of anilines is 1. The Morgan fingerprint density at radius 3 is 2.56 bits per heavy atom. The van der Waals surface area contributed by atoms with Gasteiger partial charge in [-0.25, -0.2) is 13.8 Å². The molecule has 0 atom stereocenters. The van der Waals surface area contributed by atoms with E-state index in [2.05, 4.69) is 4.98 Å². The number of halogens is 3. The van der Waals surface area contributed by atoms with Crippen molar-refractivity contribution in [3.63, 3.8) is 0 Å². The van der Waals surface area contributed by atoms with Crippen LogP contribution in [0.15, 0.2) is 6.20 Å². The van der Waals surface area contributed by atoms with Crippen LogP contribution in [-0.2, 0) is 0 Å². The van der Waals surface area contributed by atoms with E-state index in [-0.39, 0.29) is 0 Å². The third-order valence-corrected chi connectivity index (χ3v) is 1.88. The first-order valence-corrected chi connectivity index (χ1v) is 4.14. The number of pyridine rings is 1. The lowest BCUT2D eigenvalue weighted by Gasteiger charge is -2.06. The van der Waals surface area contributed by atoms with E-state index in [1.54, 1.807) is 0 Å². The second kappa shape index (κ2) is 4.35. The summed E-state index contributed by atoms with van der Waals surface area (Å²) in [5.41, 5.74) is 1.51. The fourth-order valence-corrected chi connectivity index (χ4v) is 1.25. The Balaban J connectivity index is 3.63. The molecule has 0 saturated carbocycles. The zero-order valence-corrected chi connectivity index (χ0v) is 8.24. The van der Waals surface area contributed by atoms with E-state index >= 15 is 0 Å². The Kier molecular flexibility index (Phi) is 3.33. The van der Waals surface area contributed by atoms with Gasteiger partial charge in [0, 0.05) is 0 Å². The number of carbonyl (C=O) groups is 1. The molecule has 2 N–H and O–H groups in total. The van der Waals surface area contributed by atoms with Crippen LogP contribution in [0.2, 0.25) is 0 Å². The fourth-order valence-electron chi connectivity index (χ4n) is 1.10. The van der Waals surface area contributed by atoms with E-state index in [4.69, 9.17) is 17.3 Å². The van der Waals surface area contributed by atoms with Gasteiger partial charge in [-0.05, 0) is 11.6 Å². The average molecular weight is 252 g/mol. The van der Waals surface area contributed by atoms with Crippen LogP contribution < -0.4 is 5.73 Å². The Morgan fingerprint density at radius 2 is 2.19 bits per heavy atom. The molecule has 0 amide bonds. The molecule has 0 spiro atoms. The van der Waals surface area contributed by atoms with Gasteiger partial charge in [0.15, 0.2) is 0 Å². The highest BCUT2D eigenvalue weighted by molar-refractivity contribution is 6.67. The van der Waals surface area contributed by atoms with Crippen molar-refractivity contribution in [2.24, 2.45) is 0 Å². The molecule has 0 unspecified atom stereocenters. The summed E-state index contributed by atoms with van der Waals surface area (Å²) < 4.78 is 25.2. The van der Waals surface area contributed by atoms with E-state index in [0.717, 1.165) is 6.20 Å². The van der Waals surface area contributed by atoms with Gasteiger partial charge in [-0.1, -0.05) is 0 Å². The monoisotopic (exact) mass is 251 g/mol. The molecule has 1 heterocycles. The topological polar surface area (TPSA) is 99.1 Å². The lowest BCUT2D eigenvalue weighted by atomic mass is 10.1. The molecule has 16 heavy (non-hydrogen) atoms. The molecule has 0 fully saturated rings. The van der Waals surface area contributed by atoms with Crippen molar-refractivity contribution >= 4 is 28.2 Å². The first kappa shape index (κ1) is 12.2. The number of aromatic nitrogens is 1. The van der Waals surface area contributed by atoms with Gasteiger partial charge in [0.05, 0.1) is 11.1 Å². The Bertz CT molecular complexity index is 466. The maximum atomic E-state index is 12.6. The number of nitrogens with zero attached hydrogens (tertiary/aromatic N) is 2. The zero-order chi connectivity index (χ0) is 12.5. The second-order valence-corrected chi connectivity index (χ2v) is 3.00. The van der Waals surface area contributed by atoms with Gasteiger partial charge in [-0.2, -0.15) is 0 Å². The van der Waals surface area contributed by atoms with Crippen molar-refractivity contribution < 1.29 is 18.5 Å². The van der Waals surface area contributed by atoms with Crippen molar-refractivity contribution in [2.45, 2.75) is 6.43 Å².